The normalized spacial score (nSPS) is 11.5. The van der Waals surface area contributed by atoms with Crippen molar-refractivity contribution < 1.29 is 9.47 Å². The van der Waals surface area contributed by atoms with E-state index in [-0.39, 0.29) is 0 Å². The molecule has 0 aromatic heterocycles. The smallest absolute Gasteiger partial charge is 0.127 e. The number of fused-ring (bicyclic) bond motifs is 3. The predicted octanol–water partition coefficient (Wildman–Crippen LogP) is 5.28. The standard InChI is InChI=1S/C20H18O2/c1-3-21-13-8-9-14-15-6-5-7-17-19(22-4-2)11-10-16(20(15)17)18(14)12-13/h5-12H,3-4H2,1-2H3. The molecule has 3 aromatic carbocycles. The minimum absolute atomic E-state index is 0.681. The maximum Gasteiger partial charge on any atom is 0.127 e. The molecule has 110 valence electrons. The third kappa shape index (κ3) is 1.80. The van der Waals surface area contributed by atoms with Gasteiger partial charge in [-0.05, 0) is 54.3 Å². The molecule has 0 heterocycles. The van der Waals surface area contributed by atoms with Crippen molar-refractivity contribution in [2.45, 2.75) is 13.8 Å². The highest BCUT2D eigenvalue weighted by molar-refractivity contribution is 6.16. The molecule has 0 radical (unpaired) electrons. The Labute approximate surface area is 130 Å². The Morgan fingerprint density at radius 2 is 1.50 bits per heavy atom. The number of benzene rings is 3. The molecule has 1 aliphatic rings. The van der Waals surface area contributed by atoms with E-state index in [4.69, 9.17) is 9.47 Å². The molecule has 2 nitrogen and oxygen atoms in total. The second-order valence-electron chi connectivity index (χ2n) is 5.41. The van der Waals surface area contributed by atoms with Crippen LogP contribution in [0.25, 0.3) is 33.0 Å². The van der Waals surface area contributed by atoms with Gasteiger partial charge in [-0.3, -0.25) is 0 Å². The summed E-state index contributed by atoms with van der Waals surface area (Å²) in [6.07, 6.45) is 0. The van der Waals surface area contributed by atoms with Crippen LogP contribution in [0.15, 0.2) is 48.5 Å². The Morgan fingerprint density at radius 1 is 0.727 bits per heavy atom. The number of hydrogen-bond donors (Lipinski definition) is 0. The van der Waals surface area contributed by atoms with Gasteiger partial charge in [0, 0.05) is 10.8 Å². The number of rotatable bonds is 4. The van der Waals surface area contributed by atoms with Gasteiger partial charge >= 0.3 is 0 Å². The van der Waals surface area contributed by atoms with Crippen LogP contribution < -0.4 is 9.47 Å². The largest absolute Gasteiger partial charge is 0.494 e. The summed E-state index contributed by atoms with van der Waals surface area (Å²) in [6.45, 7) is 5.40. The predicted molar refractivity (Wildman–Crippen MR) is 90.7 cm³/mol. The van der Waals surface area contributed by atoms with Gasteiger partial charge in [0.2, 0.25) is 0 Å². The van der Waals surface area contributed by atoms with E-state index in [0.717, 1.165) is 11.5 Å². The van der Waals surface area contributed by atoms with E-state index in [1.54, 1.807) is 0 Å². The van der Waals surface area contributed by atoms with Crippen LogP contribution in [0.3, 0.4) is 0 Å². The lowest BCUT2D eigenvalue weighted by molar-refractivity contribution is 0.340. The molecule has 0 amide bonds. The molecule has 3 aromatic rings. The lowest BCUT2D eigenvalue weighted by Gasteiger charge is -2.09. The van der Waals surface area contributed by atoms with Crippen LogP contribution in [0, 0.1) is 0 Å². The van der Waals surface area contributed by atoms with Crippen LogP contribution in [0.4, 0.5) is 0 Å². The van der Waals surface area contributed by atoms with Gasteiger partial charge in [0.25, 0.3) is 0 Å². The van der Waals surface area contributed by atoms with Crippen molar-refractivity contribution in [2.75, 3.05) is 13.2 Å². The molecule has 0 aliphatic heterocycles. The van der Waals surface area contributed by atoms with Crippen LogP contribution in [0.5, 0.6) is 11.5 Å². The second kappa shape index (κ2) is 5.06. The van der Waals surface area contributed by atoms with Gasteiger partial charge in [-0.25, -0.2) is 0 Å². The highest BCUT2D eigenvalue weighted by atomic mass is 16.5. The molecule has 0 unspecified atom stereocenters. The van der Waals surface area contributed by atoms with Gasteiger partial charge in [0.05, 0.1) is 13.2 Å². The van der Waals surface area contributed by atoms with Crippen molar-refractivity contribution >= 4 is 10.8 Å². The van der Waals surface area contributed by atoms with Crippen molar-refractivity contribution in [3.63, 3.8) is 0 Å². The van der Waals surface area contributed by atoms with Crippen molar-refractivity contribution in [1.82, 2.24) is 0 Å². The Hall–Kier alpha value is -2.48. The zero-order valence-corrected chi connectivity index (χ0v) is 12.8. The summed E-state index contributed by atoms with van der Waals surface area (Å²) >= 11 is 0. The van der Waals surface area contributed by atoms with Crippen LogP contribution in [0.2, 0.25) is 0 Å². The topological polar surface area (TPSA) is 18.5 Å². The third-order valence-electron chi connectivity index (χ3n) is 4.18. The van der Waals surface area contributed by atoms with Crippen LogP contribution in [-0.4, -0.2) is 13.2 Å². The first kappa shape index (κ1) is 13.2. The van der Waals surface area contributed by atoms with Crippen LogP contribution in [0.1, 0.15) is 13.8 Å². The first-order valence-electron chi connectivity index (χ1n) is 7.79. The number of ether oxygens (including phenoxy) is 2. The molecule has 0 N–H and O–H groups in total. The lowest BCUT2D eigenvalue weighted by Crippen LogP contribution is -1.92. The number of hydrogen-bond acceptors (Lipinski definition) is 2. The molecule has 0 fully saturated rings. The first-order valence-corrected chi connectivity index (χ1v) is 7.79. The van der Waals surface area contributed by atoms with Crippen LogP contribution >= 0.6 is 0 Å². The van der Waals surface area contributed by atoms with Crippen molar-refractivity contribution in [2.24, 2.45) is 0 Å². The summed E-state index contributed by atoms with van der Waals surface area (Å²) in [5.74, 6) is 1.89. The minimum Gasteiger partial charge on any atom is -0.494 e. The molecule has 0 spiro atoms. The van der Waals surface area contributed by atoms with E-state index in [0.29, 0.717) is 13.2 Å². The van der Waals surface area contributed by atoms with Gasteiger partial charge in [0.15, 0.2) is 0 Å². The third-order valence-corrected chi connectivity index (χ3v) is 4.18. The molecule has 0 saturated carbocycles. The van der Waals surface area contributed by atoms with Gasteiger partial charge < -0.3 is 9.47 Å². The van der Waals surface area contributed by atoms with Gasteiger partial charge in [-0.15, -0.1) is 0 Å². The Kier molecular flexibility index (Phi) is 3.04. The summed E-state index contributed by atoms with van der Waals surface area (Å²) in [4.78, 5) is 0. The quantitative estimate of drug-likeness (QED) is 0.509. The summed E-state index contributed by atoms with van der Waals surface area (Å²) in [7, 11) is 0. The Balaban J connectivity index is 1.99. The highest BCUT2D eigenvalue weighted by Gasteiger charge is 2.23. The van der Waals surface area contributed by atoms with E-state index >= 15 is 0 Å². The molecule has 1 aliphatic carbocycles. The molecular formula is C20H18O2. The fourth-order valence-electron chi connectivity index (χ4n) is 3.35. The molecular weight excluding hydrogens is 272 g/mol. The van der Waals surface area contributed by atoms with Crippen molar-refractivity contribution in [3.8, 4) is 33.8 Å². The van der Waals surface area contributed by atoms with E-state index < -0.39 is 0 Å². The molecule has 0 saturated heterocycles. The van der Waals surface area contributed by atoms with Crippen LogP contribution in [-0.2, 0) is 0 Å². The van der Waals surface area contributed by atoms with Gasteiger partial charge in [0.1, 0.15) is 11.5 Å². The molecule has 0 atom stereocenters. The fourth-order valence-corrected chi connectivity index (χ4v) is 3.35. The zero-order valence-electron chi connectivity index (χ0n) is 12.8. The highest BCUT2D eigenvalue weighted by Crippen LogP contribution is 2.50. The van der Waals surface area contributed by atoms with Gasteiger partial charge in [-0.2, -0.15) is 0 Å². The molecule has 2 heteroatoms. The SMILES string of the molecule is CCOc1ccc2c(c1)-c1ccc(OCC)c3cccc-2c13. The lowest BCUT2D eigenvalue weighted by atomic mass is 10.0. The Bertz CT molecular complexity index is 865. The van der Waals surface area contributed by atoms with Crippen molar-refractivity contribution in [3.05, 3.63) is 48.5 Å². The van der Waals surface area contributed by atoms with Crippen molar-refractivity contribution in [1.29, 1.82) is 0 Å². The maximum absolute atomic E-state index is 5.79. The molecule has 4 rings (SSSR count). The summed E-state index contributed by atoms with van der Waals surface area (Å²) in [5.41, 5.74) is 5.08. The van der Waals surface area contributed by atoms with E-state index in [1.807, 2.05) is 13.8 Å². The Morgan fingerprint density at radius 3 is 2.32 bits per heavy atom. The van der Waals surface area contributed by atoms with E-state index in [9.17, 15) is 0 Å². The fraction of sp³-hybridized carbons (Fsp3) is 0.200. The average Bonchev–Trinajstić information content (AvgIpc) is 2.86. The first-order chi connectivity index (χ1) is 10.8. The maximum atomic E-state index is 5.79. The molecule has 0 bridgehead atoms. The zero-order chi connectivity index (χ0) is 15.1. The average molecular weight is 290 g/mol. The monoisotopic (exact) mass is 290 g/mol. The summed E-state index contributed by atoms with van der Waals surface area (Å²) in [6, 6.07) is 17.0. The summed E-state index contributed by atoms with van der Waals surface area (Å²) in [5, 5.41) is 2.48. The van der Waals surface area contributed by atoms with E-state index in [1.165, 1.54) is 33.0 Å². The summed E-state index contributed by atoms with van der Waals surface area (Å²) < 4.78 is 11.5. The minimum atomic E-state index is 0.681. The molecule has 22 heavy (non-hydrogen) atoms. The van der Waals surface area contributed by atoms with Gasteiger partial charge in [-0.1, -0.05) is 30.3 Å². The van der Waals surface area contributed by atoms with E-state index in [2.05, 4.69) is 48.5 Å². The second-order valence-corrected chi connectivity index (χ2v) is 5.41.